The number of carbonyl (C=O) groups is 1. The van der Waals surface area contributed by atoms with Gasteiger partial charge in [-0.1, -0.05) is 12.1 Å². The molecular formula is C22H24F2IN3O. The lowest BCUT2D eigenvalue weighted by Gasteiger charge is -2.36. The highest BCUT2D eigenvalue weighted by molar-refractivity contribution is 14.1. The fourth-order valence-corrected chi connectivity index (χ4v) is 4.62. The predicted octanol–water partition coefficient (Wildman–Crippen LogP) is 4.64. The molecule has 0 aromatic heterocycles. The molecule has 1 atom stereocenters. The standard InChI is InChI=1S/C22H24F2IN3O/c1-14-3-4-15(11-19(14)25)21(29)26-16-5-6-17-18(12-16)22(23,24)13-20(17)28-9-7-27(2)8-10-28/h3-6,11-12,20H,7-10,13H2,1-2H3,(H,26,29)/t20-/m0/s1. The molecule has 1 fully saturated rings. The second-order valence-electron chi connectivity index (χ2n) is 7.98. The van der Waals surface area contributed by atoms with E-state index in [1.165, 1.54) is 6.07 Å². The molecular weight excluding hydrogens is 487 g/mol. The van der Waals surface area contributed by atoms with E-state index in [1.807, 2.05) is 13.0 Å². The third kappa shape index (κ3) is 4.18. The van der Waals surface area contributed by atoms with Crippen LogP contribution in [-0.4, -0.2) is 48.9 Å². The number of fused-ring (bicyclic) bond motifs is 1. The average molecular weight is 511 g/mol. The summed E-state index contributed by atoms with van der Waals surface area (Å²) in [6.45, 7) is 5.34. The molecule has 1 heterocycles. The molecule has 1 N–H and O–H groups in total. The van der Waals surface area contributed by atoms with Crippen molar-refractivity contribution < 1.29 is 13.6 Å². The summed E-state index contributed by atoms with van der Waals surface area (Å²) in [5, 5.41) is 2.78. The molecule has 1 aliphatic heterocycles. The van der Waals surface area contributed by atoms with Crippen molar-refractivity contribution in [3.8, 4) is 0 Å². The van der Waals surface area contributed by atoms with Gasteiger partial charge in [-0.25, -0.2) is 8.78 Å². The molecule has 4 nitrogen and oxygen atoms in total. The van der Waals surface area contributed by atoms with E-state index in [-0.39, 0.29) is 23.9 Å². The van der Waals surface area contributed by atoms with Crippen LogP contribution in [0.2, 0.25) is 0 Å². The van der Waals surface area contributed by atoms with E-state index in [0.29, 0.717) is 16.8 Å². The van der Waals surface area contributed by atoms with E-state index in [4.69, 9.17) is 0 Å². The van der Waals surface area contributed by atoms with Gasteiger partial charge >= 0.3 is 0 Å². The highest BCUT2D eigenvalue weighted by Gasteiger charge is 2.47. The topological polar surface area (TPSA) is 35.6 Å². The van der Waals surface area contributed by atoms with Gasteiger partial charge < -0.3 is 10.2 Å². The van der Waals surface area contributed by atoms with Gasteiger partial charge in [0.1, 0.15) is 0 Å². The van der Waals surface area contributed by atoms with E-state index in [9.17, 15) is 13.6 Å². The zero-order valence-corrected chi connectivity index (χ0v) is 18.7. The molecule has 0 unspecified atom stereocenters. The van der Waals surface area contributed by atoms with Crippen LogP contribution in [0.4, 0.5) is 14.5 Å². The van der Waals surface area contributed by atoms with Gasteiger partial charge in [0.05, 0.1) is 0 Å². The van der Waals surface area contributed by atoms with Gasteiger partial charge in [0.15, 0.2) is 0 Å². The van der Waals surface area contributed by atoms with Crippen LogP contribution in [0.3, 0.4) is 0 Å². The van der Waals surface area contributed by atoms with Crippen LogP contribution in [0, 0.1) is 10.5 Å². The van der Waals surface area contributed by atoms with Gasteiger partial charge in [-0.15, -0.1) is 0 Å². The monoisotopic (exact) mass is 511 g/mol. The summed E-state index contributed by atoms with van der Waals surface area (Å²) in [6, 6.07) is 10.1. The lowest BCUT2D eigenvalue weighted by molar-refractivity contribution is -0.0257. The number of nitrogens with one attached hydrogen (secondary N) is 1. The largest absolute Gasteiger partial charge is 0.322 e. The molecule has 0 saturated carbocycles. The number of aryl methyl sites for hydroxylation is 1. The van der Waals surface area contributed by atoms with Crippen molar-refractivity contribution in [3.05, 3.63) is 62.2 Å². The van der Waals surface area contributed by atoms with Crippen molar-refractivity contribution in [2.75, 3.05) is 38.5 Å². The summed E-state index contributed by atoms with van der Waals surface area (Å²) in [7, 11) is 2.05. The number of piperazine rings is 1. The first-order chi connectivity index (χ1) is 13.7. The molecule has 2 aromatic carbocycles. The maximum Gasteiger partial charge on any atom is 0.275 e. The fraction of sp³-hybridized carbons (Fsp3) is 0.409. The minimum absolute atomic E-state index is 0.0396. The van der Waals surface area contributed by atoms with Crippen molar-refractivity contribution in [2.45, 2.75) is 25.3 Å². The van der Waals surface area contributed by atoms with Gasteiger partial charge in [0.2, 0.25) is 0 Å². The second-order valence-corrected chi connectivity index (χ2v) is 9.15. The highest BCUT2D eigenvalue weighted by atomic mass is 127. The molecule has 1 amide bonds. The predicted molar refractivity (Wildman–Crippen MR) is 119 cm³/mol. The lowest BCUT2D eigenvalue weighted by Crippen LogP contribution is -2.45. The van der Waals surface area contributed by atoms with Crippen LogP contribution in [0.1, 0.15) is 39.5 Å². The van der Waals surface area contributed by atoms with Crippen LogP contribution in [0.15, 0.2) is 36.4 Å². The third-order valence-corrected chi connectivity index (χ3v) is 7.09. The number of alkyl halides is 2. The van der Waals surface area contributed by atoms with E-state index >= 15 is 0 Å². The van der Waals surface area contributed by atoms with Gasteiger partial charge in [0, 0.05) is 59.0 Å². The zero-order chi connectivity index (χ0) is 20.8. The van der Waals surface area contributed by atoms with Crippen LogP contribution in [0.5, 0.6) is 0 Å². The molecule has 29 heavy (non-hydrogen) atoms. The first kappa shape index (κ1) is 20.7. The molecule has 1 saturated heterocycles. The fourth-order valence-electron chi connectivity index (χ4n) is 4.10. The second kappa shape index (κ2) is 7.92. The number of likely N-dealkylation sites (N-methyl/N-ethyl adjacent to an activating group) is 1. The quantitative estimate of drug-likeness (QED) is 0.611. The first-order valence-electron chi connectivity index (χ1n) is 9.77. The SMILES string of the molecule is Cc1ccc(C(=O)Nc2ccc3c(c2)C(F)(F)C[C@@H]3N2CCN(C)CC2)cc1I. The van der Waals surface area contributed by atoms with E-state index < -0.39 is 5.92 Å². The highest BCUT2D eigenvalue weighted by Crippen LogP contribution is 2.50. The molecule has 4 rings (SSSR count). The number of benzene rings is 2. The molecule has 1 aliphatic carbocycles. The van der Waals surface area contributed by atoms with Crippen molar-refractivity contribution in [1.29, 1.82) is 0 Å². The third-order valence-electron chi connectivity index (χ3n) is 5.93. The van der Waals surface area contributed by atoms with Crippen molar-refractivity contribution in [1.82, 2.24) is 9.80 Å². The van der Waals surface area contributed by atoms with E-state index in [0.717, 1.165) is 35.3 Å². The van der Waals surface area contributed by atoms with Gasteiger partial charge in [0.25, 0.3) is 11.8 Å². The summed E-state index contributed by atoms with van der Waals surface area (Å²) in [5.41, 5.74) is 2.74. The Morgan fingerprint density at radius 3 is 2.55 bits per heavy atom. The van der Waals surface area contributed by atoms with Crippen LogP contribution < -0.4 is 5.32 Å². The molecule has 2 aliphatic rings. The molecule has 0 spiro atoms. The molecule has 7 heteroatoms. The first-order valence-corrected chi connectivity index (χ1v) is 10.8. The average Bonchev–Trinajstić information content (AvgIpc) is 2.95. The van der Waals surface area contributed by atoms with E-state index in [1.54, 1.807) is 24.3 Å². The molecule has 2 aromatic rings. The Morgan fingerprint density at radius 1 is 1.14 bits per heavy atom. The Balaban J connectivity index is 1.56. The van der Waals surface area contributed by atoms with Crippen LogP contribution in [0.25, 0.3) is 0 Å². The minimum atomic E-state index is -2.89. The van der Waals surface area contributed by atoms with Crippen LogP contribution >= 0.6 is 22.6 Å². The number of hydrogen-bond donors (Lipinski definition) is 1. The Kier molecular flexibility index (Phi) is 5.65. The summed E-state index contributed by atoms with van der Waals surface area (Å²) < 4.78 is 30.6. The Hall–Kier alpha value is -1.58. The molecule has 0 bridgehead atoms. The van der Waals surface area contributed by atoms with E-state index in [2.05, 4.69) is 44.8 Å². The minimum Gasteiger partial charge on any atom is -0.322 e. The Labute approximate surface area is 183 Å². The van der Waals surface area contributed by atoms with Crippen molar-refractivity contribution in [3.63, 3.8) is 0 Å². The van der Waals surface area contributed by atoms with Crippen LogP contribution in [-0.2, 0) is 5.92 Å². The summed E-state index contributed by atoms with van der Waals surface area (Å²) in [6.07, 6.45) is -0.195. The number of hydrogen-bond acceptors (Lipinski definition) is 3. The number of nitrogens with zero attached hydrogens (tertiary/aromatic N) is 2. The zero-order valence-electron chi connectivity index (χ0n) is 16.5. The molecule has 154 valence electrons. The number of halogens is 3. The van der Waals surface area contributed by atoms with Gasteiger partial charge in [-0.05, 0) is 72.0 Å². The Morgan fingerprint density at radius 2 is 1.86 bits per heavy atom. The van der Waals surface area contributed by atoms with Gasteiger partial charge in [-0.2, -0.15) is 0 Å². The normalized spacial score (nSPS) is 21.8. The number of amides is 1. The number of rotatable bonds is 3. The summed E-state index contributed by atoms with van der Waals surface area (Å²) >= 11 is 2.18. The Bertz CT molecular complexity index is 942. The molecule has 0 radical (unpaired) electrons. The maximum absolute atomic E-state index is 14.8. The number of carbonyl (C=O) groups excluding carboxylic acids is 1. The summed E-state index contributed by atoms with van der Waals surface area (Å²) in [4.78, 5) is 16.9. The van der Waals surface area contributed by atoms with Crippen molar-refractivity contribution >= 4 is 34.2 Å². The maximum atomic E-state index is 14.8. The van der Waals surface area contributed by atoms with Crippen molar-refractivity contribution in [2.24, 2.45) is 0 Å². The lowest BCUT2D eigenvalue weighted by atomic mass is 10.0. The number of anilines is 1. The summed E-state index contributed by atoms with van der Waals surface area (Å²) in [5.74, 6) is -3.18. The van der Waals surface area contributed by atoms with Gasteiger partial charge in [-0.3, -0.25) is 9.69 Å². The smallest absolute Gasteiger partial charge is 0.275 e.